The number of nitrogens with one attached hydrogen (secondary N) is 2. The van der Waals surface area contributed by atoms with Gasteiger partial charge in [-0.15, -0.1) is 10.2 Å². The summed E-state index contributed by atoms with van der Waals surface area (Å²) in [6.45, 7) is 1.19. The Bertz CT molecular complexity index is 1370. The van der Waals surface area contributed by atoms with Gasteiger partial charge in [0.15, 0.2) is 11.6 Å². The summed E-state index contributed by atoms with van der Waals surface area (Å²) in [5.74, 6) is -1.26. The summed E-state index contributed by atoms with van der Waals surface area (Å²) in [7, 11) is 0. The molecule has 1 saturated heterocycles. The molecule has 0 saturated carbocycles. The smallest absolute Gasteiger partial charge is 0.403 e. The third kappa shape index (κ3) is 3.78. The van der Waals surface area contributed by atoms with Gasteiger partial charge in [-0.3, -0.25) is 0 Å². The van der Waals surface area contributed by atoms with Crippen LogP contribution in [0.2, 0.25) is 0 Å². The molecule has 1 atom stereocenters. The zero-order valence-electron chi connectivity index (χ0n) is 17.7. The maximum absolute atomic E-state index is 13.5. The summed E-state index contributed by atoms with van der Waals surface area (Å²) >= 11 is 0. The van der Waals surface area contributed by atoms with Crippen LogP contribution < -0.4 is 16.0 Å². The largest absolute Gasteiger partial charge is 0.434 e. The Morgan fingerprint density at radius 2 is 1.79 bits per heavy atom. The number of nitrogens with zero attached hydrogens (tertiary/aromatic N) is 6. The van der Waals surface area contributed by atoms with Gasteiger partial charge in [-0.1, -0.05) is 5.10 Å². The van der Waals surface area contributed by atoms with E-state index in [0.717, 1.165) is 17.5 Å². The van der Waals surface area contributed by atoms with E-state index in [-0.39, 0.29) is 17.9 Å². The average Bonchev–Trinajstić information content (AvgIpc) is 3.61. The van der Waals surface area contributed by atoms with Crippen molar-refractivity contribution in [2.45, 2.75) is 31.2 Å². The Morgan fingerprint density at radius 1 is 1.06 bits per heavy atom. The van der Waals surface area contributed by atoms with Gasteiger partial charge in [0.05, 0.1) is 11.5 Å². The summed E-state index contributed by atoms with van der Waals surface area (Å²) < 4.78 is 37.8. The number of aromatic amines is 1. The lowest BCUT2D eigenvalue weighted by atomic mass is 10.1. The molecule has 1 aliphatic heterocycles. The second-order valence-corrected chi connectivity index (χ2v) is 8.35. The normalized spacial score (nSPS) is 17.9. The van der Waals surface area contributed by atoms with Gasteiger partial charge in [-0.25, -0.2) is 28.6 Å². The van der Waals surface area contributed by atoms with Crippen LogP contribution in [-0.4, -0.2) is 49.5 Å². The molecule has 13 heteroatoms. The topological polar surface area (TPSA) is 139 Å². The van der Waals surface area contributed by atoms with Gasteiger partial charge >= 0.3 is 11.8 Å². The molecule has 3 aromatic heterocycles. The molecule has 1 fully saturated rings. The first kappa shape index (κ1) is 20.4. The Kier molecular flexibility index (Phi) is 4.81. The standard InChI is InChI=1S/C21H18F2N8O3/c22-15-5-11-3-14(4-12(11)6-16(15)23)26-19-24-7-13(8-25-19)18-27-29-20(33-18)31-2-1-10(9-31)17-28-30-21(32)34-17/h5-8,10,14H,1-4,9H2,(H,30,32)(H,24,25,26). The molecule has 6 rings (SSSR count). The monoisotopic (exact) mass is 468 g/mol. The number of fused-ring (bicyclic) bond motifs is 1. The third-order valence-corrected chi connectivity index (χ3v) is 6.08. The van der Waals surface area contributed by atoms with Gasteiger partial charge in [0.25, 0.3) is 5.89 Å². The number of hydrogen-bond acceptors (Lipinski definition) is 10. The van der Waals surface area contributed by atoms with E-state index in [1.807, 2.05) is 4.90 Å². The molecule has 4 heterocycles. The number of anilines is 2. The van der Waals surface area contributed by atoms with Crippen molar-refractivity contribution in [3.63, 3.8) is 0 Å². The minimum absolute atomic E-state index is 0.0438. The number of aromatic nitrogens is 6. The third-order valence-electron chi connectivity index (χ3n) is 6.08. The van der Waals surface area contributed by atoms with Crippen molar-refractivity contribution < 1.29 is 17.6 Å². The number of hydrogen-bond donors (Lipinski definition) is 2. The summed E-state index contributed by atoms with van der Waals surface area (Å²) in [5, 5.41) is 17.5. The van der Waals surface area contributed by atoms with Crippen LogP contribution in [0.5, 0.6) is 0 Å². The quantitative estimate of drug-likeness (QED) is 0.447. The van der Waals surface area contributed by atoms with E-state index in [1.165, 1.54) is 12.1 Å². The highest BCUT2D eigenvalue weighted by Gasteiger charge is 2.31. The zero-order chi connectivity index (χ0) is 23.2. The van der Waals surface area contributed by atoms with Gasteiger partial charge in [-0.2, -0.15) is 0 Å². The van der Waals surface area contributed by atoms with Crippen molar-refractivity contribution in [2.75, 3.05) is 23.3 Å². The molecule has 174 valence electrons. The zero-order valence-corrected chi connectivity index (χ0v) is 17.7. The van der Waals surface area contributed by atoms with Crippen LogP contribution in [-0.2, 0) is 12.8 Å². The molecule has 0 bridgehead atoms. The Balaban J connectivity index is 1.10. The lowest BCUT2D eigenvalue weighted by Crippen LogP contribution is -2.20. The SMILES string of the molecule is O=c1[nH]nc(C2CCN(c3nnc(-c4cnc(NC5Cc6cc(F)c(F)cc6C5)nc4)o3)C2)o1. The minimum atomic E-state index is -0.837. The first-order valence-electron chi connectivity index (χ1n) is 10.7. The highest BCUT2D eigenvalue weighted by Crippen LogP contribution is 2.30. The molecule has 2 N–H and O–H groups in total. The lowest BCUT2D eigenvalue weighted by Gasteiger charge is -2.12. The summed E-state index contributed by atoms with van der Waals surface area (Å²) in [6, 6.07) is 2.79. The van der Waals surface area contributed by atoms with E-state index in [4.69, 9.17) is 8.83 Å². The molecule has 1 aliphatic carbocycles. The van der Waals surface area contributed by atoms with Crippen LogP contribution in [0.15, 0.2) is 38.2 Å². The summed E-state index contributed by atoms with van der Waals surface area (Å²) in [6.07, 6.45) is 4.99. The van der Waals surface area contributed by atoms with E-state index in [2.05, 4.69) is 35.7 Å². The maximum atomic E-state index is 13.5. The Hall–Kier alpha value is -4.16. The average molecular weight is 468 g/mol. The number of rotatable bonds is 5. The molecule has 0 radical (unpaired) electrons. The highest BCUT2D eigenvalue weighted by molar-refractivity contribution is 5.52. The van der Waals surface area contributed by atoms with E-state index >= 15 is 0 Å². The molecule has 34 heavy (non-hydrogen) atoms. The van der Waals surface area contributed by atoms with Crippen molar-refractivity contribution in [1.82, 2.24) is 30.4 Å². The fraction of sp³-hybridized carbons (Fsp3) is 0.333. The lowest BCUT2D eigenvalue weighted by molar-refractivity contribution is 0.432. The molecule has 2 aliphatic rings. The Morgan fingerprint density at radius 3 is 2.47 bits per heavy atom. The number of benzene rings is 1. The predicted molar refractivity (Wildman–Crippen MR) is 113 cm³/mol. The molecule has 4 aromatic rings. The maximum Gasteiger partial charge on any atom is 0.434 e. The molecular formula is C21H18F2N8O3. The molecule has 11 nitrogen and oxygen atoms in total. The van der Waals surface area contributed by atoms with E-state index < -0.39 is 17.4 Å². The van der Waals surface area contributed by atoms with E-state index in [0.29, 0.717) is 49.3 Å². The van der Waals surface area contributed by atoms with Crippen molar-refractivity contribution in [2.24, 2.45) is 0 Å². The number of H-pyrrole nitrogens is 1. The molecule has 1 aromatic carbocycles. The van der Waals surface area contributed by atoms with Crippen LogP contribution in [0, 0.1) is 11.6 Å². The van der Waals surface area contributed by atoms with Crippen molar-refractivity contribution in [3.05, 3.63) is 63.7 Å². The van der Waals surface area contributed by atoms with Gasteiger partial charge in [0.2, 0.25) is 11.8 Å². The van der Waals surface area contributed by atoms with Crippen LogP contribution >= 0.6 is 0 Å². The van der Waals surface area contributed by atoms with E-state index in [9.17, 15) is 13.6 Å². The van der Waals surface area contributed by atoms with Gasteiger partial charge in [0.1, 0.15) is 0 Å². The minimum Gasteiger partial charge on any atom is -0.403 e. The van der Waals surface area contributed by atoms with Crippen LogP contribution in [0.3, 0.4) is 0 Å². The van der Waals surface area contributed by atoms with Crippen LogP contribution in [0.1, 0.15) is 29.4 Å². The van der Waals surface area contributed by atoms with Crippen LogP contribution in [0.25, 0.3) is 11.5 Å². The second-order valence-electron chi connectivity index (χ2n) is 8.35. The van der Waals surface area contributed by atoms with E-state index in [1.54, 1.807) is 12.4 Å². The summed E-state index contributed by atoms with van der Waals surface area (Å²) in [5.41, 5.74) is 2.12. The predicted octanol–water partition coefficient (Wildman–Crippen LogP) is 2.05. The van der Waals surface area contributed by atoms with Crippen molar-refractivity contribution in [3.8, 4) is 11.5 Å². The fourth-order valence-corrected chi connectivity index (χ4v) is 4.42. The fourth-order valence-electron chi connectivity index (χ4n) is 4.42. The molecule has 1 unspecified atom stereocenters. The first-order chi connectivity index (χ1) is 16.5. The second kappa shape index (κ2) is 8.01. The molecule has 0 spiro atoms. The van der Waals surface area contributed by atoms with Crippen LogP contribution in [0.4, 0.5) is 20.7 Å². The van der Waals surface area contributed by atoms with Crippen molar-refractivity contribution in [1.29, 1.82) is 0 Å². The molecule has 0 amide bonds. The highest BCUT2D eigenvalue weighted by atomic mass is 19.2. The first-order valence-corrected chi connectivity index (χ1v) is 10.7. The Labute approximate surface area is 190 Å². The summed E-state index contributed by atoms with van der Waals surface area (Å²) in [4.78, 5) is 21.7. The van der Waals surface area contributed by atoms with Gasteiger partial charge in [-0.05, 0) is 42.5 Å². The van der Waals surface area contributed by atoms with Gasteiger partial charge < -0.3 is 19.1 Å². The van der Waals surface area contributed by atoms with Gasteiger partial charge in [0, 0.05) is 31.5 Å². The van der Waals surface area contributed by atoms with Crippen molar-refractivity contribution >= 4 is 12.0 Å². The molecular weight excluding hydrogens is 450 g/mol. The number of halogens is 2.